The number of hydrogen-bond acceptors (Lipinski definition) is 4. The Hall–Kier alpha value is -1.70. The number of halogens is 3. The highest BCUT2D eigenvalue weighted by atomic mass is 35.5. The monoisotopic (exact) mass is 401 g/mol. The number of hydrogen-bond donors (Lipinski definition) is 2. The first-order valence-electron chi connectivity index (χ1n) is 8.43. The third kappa shape index (κ3) is 4.72. The van der Waals surface area contributed by atoms with E-state index in [-0.39, 0.29) is 29.0 Å². The average molecular weight is 402 g/mol. The molecule has 1 fully saturated rings. The molecule has 1 amide bonds. The maximum atomic E-state index is 13.3. The summed E-state index contributed by atoms with van der Waals surface area (Å²) in [5, 5.41) is 14.2. The molecule has 0 bridgehead atoms. The Bertz CT molecular complexity index is 762. The summed E-state index contributed by atoms with van der Waals surface area (Å²) in [7, 11) is 0. The average Bonchev–Trinajstić information content (AvgIpc) is 3.00. The molecule has 0 saturated carbocycles. The van der Waals surface area contributed by atoms with Gasteiger partial charge in [-0.15, -0.1) is 17.5 Å². The summed E-state index contributed by atoms with van der Waals surface area (Å²) in [5.41, 5.74) is 1.41. The molecule has 0 radical (unpaired) electrons. The minimum atomic E-state index is -0.502. The molecule has 3 rings (SSSR count). The first-order valence-corrected chi connectivity index (χ1v) is 8.80. The second-order valence-electron chi connectivity index (χ2n) is 6.29. The molecule has 0 aliphatic carbocycles. The number of amides is 1. The molecule has 2 aromatic rings. The van der Waals surface area contributed by atoms with E-state index < -0.39 is 5.82 Å². The van der Waals surface area contributed by atoms with Crippen LogP contribution in [0.5, 0.6) is 0 Å². The molecule has 1 aromatic carbocycles. The Labute approximate surface area is 162 Å². The number of benzene rings is 1. The lowest BCUT2D eigenvalue weighted by atomic mass is 9.96. The van der Waals surface area contributed by atoms with Gasteiger partial charge < -0.3 is 10.6 Å². The van der Waals surface area contributed by atoms with Gasteiger partial charge in [-0.2, -0.15) is 0 Å². The van der Waals surface area contributed by atoms with E-state index >= 15 is 0 Å². The first-order chi connectivity index (χ1) is 12.1. The van der Waals surface area contributed by atoms with Gasteiger partial charge in [-0.05, 0) is 63.4 Å². The van der Waals surface area contributed by atoms with Crippen molar-refractivity contribution >= 4 is 29.9 Å². The van der Waals surface area contributed by atoms with E-state index in [4.69, 9.17) is 11.6 Å². The fourth-order valence-electron chi connectivity index (χ4n) is 3.04. The Balaban J connectivity index is 0.00000243. The van der Waals surface area contributed by atoms with Gasteiger partial charge in [-0.3, -0.25) is 4.79 Å². The van der Waals surface area contributed by atoms with E-state index in [0.717, 1.165) is 19.5 Å². The standard InChI is InChI=1S/C17H21ClFN5O.ClH/c1-11-16(17(25)21-8-6-12-3-2-7-20-10-12)22-23-24(11)13-4-5-15(19)14(18)9-13;/h4-5,9,12,20H,2-3,6-8,10H2,1H3,(H,21,25);1H. The van der Waals surface area contributed by atoms with Crippen LogP contribution in [-0.2, 0) is 0 Å². The zero-order valence-electron chi connectivity index (χ0n) is 14.5. The summed E-state index contributed by atoms with van der Waals surface area (Å²) in [5.74, 6) is -0.147. The molecule has 6 nitrogen and oxygen atoms in total. The topological polar surface area (TPSA) is 71.8 Å². The van der Waals surface area contributed by atoms with Gasteiger partial charge in [0.05, 0.1) is 16.4 Å². The lowest BCUT2D eigenvalue weighted by Crippen LogP contribution is -2.33. The van der Waals surface area contributed by atoms with Crippen LogP contribution in [0.15, 0.2) is 18.2 Å². The normalized spacial score (nSPS) is 16.8. The summed E-state index contributed by atoms with van der Waals surface area (Å²) in [6.07, 6.45) is 3.33. The summed E-state index contributed by atoms with van der Waals surface area (Å²) in [6.45, 7) is 4.45. The fourth-order valence-corrected chi connectivity index (χ4v) is 3.22. The van der Waals surface area contributed by atoms with Crippen molar-refractivity contribution in [1.29, 1.82) is 0 Å². The Morgan fingerprint density at radius 1 is 1.50 bits per heavy atom. The Kier molecular flexibility index (Phi) is 7.37. The van der Waals surface area contributed by atoms with Crippen LogP contribution < -0.4 is 10.6 Å². The van der Waals surface area contributed by atoms with Crippen LogP contribution in [0.4, 0.5) is 4.39 Å². The van der Waals surface area contributed by atoms with Crippen molar-refractivity contribution < 1.29 is 9.18 Å². The Morgan fingerprint density at radius 2 is 2.31 bits per heavy atom. The van der Waals surface area contributed by atoms with Gasteiger partial charge in [0.1, 0.15) is 5.82 Å². The molecule has 0 spiro atoms. The van der Waals surface area contributed by atoms with Crippen molar-refractivity contribution in [2.75, 3.05) is 19.6 Å². The minimum absolute atomic E-state index is 0. The molecule has 26 heavy (non-hydrogen) atoms. The van der Waals surface area contributed by atoms with Crippen LogP contribution in [-0.4, -0.2) is 40.5 Å². The van der Waals surface area contributed by atoms with Gasteiger partial charge in [0.15, 0.2) is 5.69 Å². The van der Waals surface area contributed by atoms with Crippen LogP contribution >= 0.6 is 24.0 Å². The molecule has 1 atom stereocenters. The molecule has 142 valence electrons. The minimum Gasteiger partial charge on any atom is -0.351 e. The number of carbonyl (C=O) groups excluding carboxylic acids is 1. The highest BCUT2D eigenvalue weighted by Crippen LogP contribution is 2.20. The van der Waals surface area contributed by atoms with E-state index in [2.05, 4.69) is 20.9 Å². The van der Waals surface area contributed by atoms with Crippen LogP contribution in [0.2, 0.25) is 5.02 Å². The quantitative estimate of drug-likeness (QED) is 0.807. The maximum Gasteiger partial charge on any atom is 0.273 e. The fraction of sp³-hybridized carbons (Fsp3) is 0.471. The number of rotatable bonds is 5. The van der Waals surface area contributed by atoms with Crippen LogP contribution in [0.1, 0.15) is 35.4 Å². The van der Waals surface area contributed by atoms with Crippen LogP contribution in [0.3, 0.4) is 0 Å². The smallest absolute Gasteiger partial charge is 0.273 e. The zero-order chi connectivity index (χ0) is 17.8. The number of carbonyl (C=O) groups is 1. The van der Waals surface area contributed by atoms with Gasteiger partial charge in [-0.25, -0.2) is 9.07 Å². The van der Waals surface area contributed by atoms with Gasteiger partial charge in [-0.1, -0.05) is 16.8 Å². The lowest BCUT2D eigenvalue weighted by Gasteiger charge is -2.22. The third-order valence-corrected chi connectivity index (χ3v) is 4.78. The van der Waals surface area contributed by atoms with Gasteiger partial charge in [0.2, 0.25) is 0 Å². The van der Waals surface area contributed by atoms with Crippen LogP contribution in [0, 0.1) is 18.7 Å². The van der Waals surface area contributed by atoms with Crippen molar-refractivity contribution in [2.24, 2.45) is 5.92 Å². The molecular formula is C17H22Cl2FN5O. The SMILES string of the molecule is Cc1c(C(=O)NCCC2CCCNC2)nnn1-c1ccc(F)c(Cl)c1.Cl. The van der Waals surface area contributed by atoms with E-state index in [1.807, 2.05) is 0 Å². The molecule has 1 aliphatic rings. The van der Waals surface area contributed by atoms with Gasteiger partial charge in [0, 0.05) is 6.54 Å². The molecule has 9 heteroatoms. The summed E-state index contributed by atoms with van der Waals surface area (Å²) < 4.78 is 14.8. The predicted octanol–water partition coefficient (Wildman–Crippen LogP) is 2.91. The van der Waals surface area contributed by atoms with E-state index in [1.54, 1.807) is 13.0 Å². The number of aromatic nitrogens is 3. The highest BCUT2D eigenvalue weighted by molar-refractivity contribution is 6.30. The van der Waals surface area contributed by atoms with Crippen molar-refractivity contribution in [3.63, 3.8) is 0 Å². The lowest BCUT2D eigenvalue weighted by molar-refractivity contribution is 0.0945. The summed E-state index contributed by atoms with van der Waals surface area (Å²) in [4.78, 5) is 12.3. The van der Waals surface area contributed by atoms with Crippen molar-refractivity contribution in [3.05, 3.63) is 40.4 Å². The molecule has 2 N–H and O–H groups in total. The first kappa shape index (κ1) is 20.6. The number of piperidine rings is 1. The van der Waals surface area contributed by atoms with Crippen molar-refractivity contribution in [3.8, 4) is 5.69 Å². The second-order valence-corrected chi connectivity index (χ2v) is 6.70. The molecule has 1 unspecified atom stereocenters. The zero-order valence-corrected chi connectivity index (χ0v) is 16.0. The van der Waals surface area contributed by atoms with Gasteiger partial charge in [0.25, 0.3) is 5.91 Å². The summed E-state index contributed by atoms with van der Waals surface area (Å²) in [6, 6.07) is 4.26. The predicted molar refractivity (Wildman–Crippen MR) is 101 cm³/mol. The molecule has 1 aliphatic heterocycles. The number of nitrogens with zero attached hydrogens (tertiary/aromatic N) is 3. The van der Waals surface area contributed by atoms with Crippen molar-refractivity contribution in [2.45, 2.75) is 26.2 Å². The van der Waals surface area contributed by atoms with E-state index in [1.165, 1.54) is 29.7 Å². The molecule has 1 aromatic heterocycles. The van der Waals surface area contributed by atoms with E-state index in [9.17, 15) is 9.18 Å². The van der Waals surface area contributed by atoms with Crippen molar-refractivity contribution in [1.82, 2.24) is 25.6 Å². The third-order valence-electron chi connectivity index (χ3n) is 4.49. The highest BCUT2D eigenvalue weighted by Gasteiger charge is 2.18. The molecule has 2 heterocycles. The summed E-state index contributed by atoms with van der Waals surface area (Å²) >= 11 is 5.81. The molecular weight excluding hydrogens is 380 g/mol. The van der Waals surface area contributed by atoms with Crippen LogP contribution in [0.25, 0.3) is 5.69 Å². The molecule has 1 saturated heterocycles. The maximum absolute atomic E-state index is 13.3. The second kappa shape index (κ2) is 9.30. The largest absolute Gasteiger partial charge is 0.351 e. The number of nitrogens with one attached hydrogen (secondary N) is 2. The van der Waals surface area contributed by atoms with Gasteiger partial charge >= 0.3 is 0 Å². The Morgan fingerprint density at radius 3 is 3.00 bits per heavy atom. The van der Waals surface area contributed by atoms with E-state index in [0.29, 0.717) is 23.8 Å².